The number of ether oxygens (including phenoxy) is 2. The van der Waals surface area contributed by atoms with Gasteiger partial charge in [0.2, 0.25) is 0 Å². The molecule has 1 rings (SSSR count). The van der Waals surface area contributed by atoms with Crippen LogP contribution >= 0.6 is 0 Å². The summed E-state index contributed by atoms with van der Waals surface area (Å²) >= 11 is 0. The lowest BCUT2D eigenvalue weighted by Gasteiger charge is -2.25. The molecule has 3 unspecified atom stereocenters. The van der Waals surface area contributed by atoms with Crippen molar-refractivity contribution in [1.82, 2.24) is 0 Å². The molecule has 4 heteroatoms. The lowest BCUT2D eigenvalue weighted by Crippen LogP contribution is -2.35. The van der Waals surface area contributed by atoms with Crippen LogP contribution in [0.3, 0.4) is 0 Å². The Hall–Kier alpha value is -0.160. The van der Waals surface area contributed by atoms with Crippen LogP contribution in [0.5, 0.6) is 0 Å². The summed E-state index contributed by atoms with van der Waals surface area (Å²) in [6, 6.07) is 0. The van der Waals surface area contributed by atoms with Gasteiger partial charge in [-0.2, -0.15) is 0 Å². The fourth-order valence-electron chi connectivity index (χ4n) is 1.88. The van der Waals surface area contributed by atoms with Gasteiger partial charge in [-0.05, 0) is 26.7 Å². The molecule has 0 radical (unpaired) electrons. The molecule has 0 aromatic heterocycles. The number of hydrogen-bond acceptors (Lipinski definition) is 4. The van der Waals surface area contributed by atoms with Crippen LogP contribution < -0.4 is 0 Å². The predicted octanol–water partition coefficient (Wildman–Crippen LogP) is 0.704. The normalized spacial score (nSPS) is 27.6. The van der Waals surface area contributed by atoms with E-state index in [4.69, 9.17) is 14.6 Å². The molecule has 0 amide bonds. The topological polar surface area (TPSA) is 58.9 Å². The van der Waals surface area contributed by atoms with Crippen LogP contribution in [-0.2, 0) is 9.47 Å². The van der Waals surface area contributed by atoms with Gasteiger partial charge in [-0.1, -0.05) is 0 Å². The molecule has 1 heterocycles. The number of aliphatic hydroxyl groups excluding tert-OH is 1. The van der Waals surface area contributed by atoms with Crippen LogP contribution in [0, 0.1) is 0 Å². The van der Waals surface area contributed by atoms with E-state index >= 15 is 0 Å². The standard InChI is InChI=1S/C11H22O4/c1-9(12)6-11(2,13)8-14-7-10-4-3-5-15-10/h9-10,12-13H,3-8H2,1-2H3. The predicted molar refractivity (Wildman–Crippen MR) is 56.7 cm³/mol. The Morgan fingerprint density at radius 3 is 2.87 bits per heavy atom. The summed E-state index contributed by atoms with van der Waals surface area (Å²) in [6.45, 7) is 4.94. The van der Waals surface area contributed by atoms with E-state index in [1.807, 2.05) is 0 Å². The summed E-state index contributed by atoms with van der Waals surface area (Å²) < 4.78 is 10.8. The minimum atomic E-state index is -0.952. The maximum absolute atomic E-state index is 9.83. The van der Waals surface area contributed by atoms with Crippen LogP contribution in [0.4, 0.5) is 0 Å². The second-order valence-electron chi connectivity index (χ2n) is 4.70. The number of rotatable bonds is 6. The first-order valence-electron chi connectivity index (χ1n) is 5.59. The maximum Gasteiger partial charge on any atom is 0.0876 e. The molecule has 0 aliphatic carbocycles. The van der Waals surface area contributed by atoms with Crippen LogP contribution in [0.15, 0.2) is 0 Å². The summed E-state index contributed by atoms with van der Waals surface area (Å²) in [6.07, 6.45) is 2.15. The summed E-state index contributed by atoms with van der Waals surface area (Å²) in [5.41, 5.74) is -0.952. The zero-order valence-electron chi connectivity index (χ0n) is 9.61. The summed E-state index contributed by atoms with van der Waals surface area (Å²) in [7, 11) is 0. The highest BCUT2D eigenvalue weighted by atomic mass is 16.5. The quantitative estimate of drug-likeness (QED) is 0.689. The monoisotopic (exact) mass is 218 g/mol. The maximum atomic E-state index is 9.83. The zero-order chi connectivity index (χ0) is 11.3. The van der Waals surface area contributed by atoms with Gasteiger partial charge in [0.15, 0.2) is 0 Å². The van der Waals surface area contributed by atoms with Gasteiger partial charge in [0.05, 0.1) is 31.0 Å². The van der Waals surface area contributed by atoms with Crippen molar-refractivity contribution < 1.29 is 19.7 Å². The second kappa shape index (κ2) is 5.80. The van der Waals surface area contributed by atoms with Gasteiger partial charge >= 0.3 is 0 Å². The van der Waals surface area contributed by atoms with Crippen molar-refractivity contribution in [1.29, 1.82) is 0 Å². The van der Waals surface area contributed by atoms with Crippen molar-refractivity contribution in [3.05, 3.63) is 0 Å². The van der Waals surface area contributed by atoms with Gasteiger partial charge in [0, 0.05) is 13.0 Å². The first-order valence-corrected chi connectivity index (χ1v) is 5.59. The molecule has 0 aromatic rings. The molecule has 0 bridgehead atoms. The minimum absolute atomic E-state index is 0.187. The summed E-state index contributed by atoms with van der Waals surface area (Å²) in [5, 5.41) is 19.0. The Kier molecular flexibility index (Phi) is 4.99. The highest BCUT2D eigenvalue weighted by molar-refractivity contribution is 4.75. The molecule has 2 N–H and O–H groups in total. The first-order chi connectivity index (χ1) is 6.99. The van der Waals surface area contributed by atoms with Crippen molar-refractivity contribution in [2.75, 3.05) is 19.8 Å². The molecular formula is C11H22O4. The average molecular weight is 218 g/mol. The fourth-order valence-corrected chi connectivity index (χ4v) is 1.88. The lowest BCUT2D eigenvalue weighted by molar-refractivity contribution is -0.0763. The highest BCUT2D eigenvalue weighted by Gasteiger charge is 2.24. The van der Waals surface area contributed by atoms with E-state index in [-0.39, 0.29) is 12.7 Å². The Morgan fingerprint density at radius 2 is 2.33 bits per heavy atom. The highest BCUT2D eigenvalue weighted by Crippen LogP contribution is 2.15. The van der Waals surface area contributed by atoms with E-state index in [9.17, 15) is 5.11 Å². The van der Waals surface area contributed by atoms with Crippen molar-refractivity contribution in [3.8, 4) is 0 Å². The van der Waals surface area contributed by atoms with Crippen LogP contribution in [-0.4, -0.2) is 47.8 Å². The SMILES string of the molecule is CC(O)CC(C)(O)COCC1CCCO1. The molecule has 4 nitrogen and oxygen atoms in total. The minimum Gasteiger partial charge on any atom is -0.393 e. The van der Waals surface area contributed by atoms with E-state index in [1.165, 1.54) is 0 Å². The number of hydrogen-bond donors (Lipinski definition) is 2. The molecular weight excluding hydrogens is 196 g/mol. The van der Waals surface area contributed by atoms with E-state index in [2.05, 4.69) is 0 Å². The third-order valence-corrected chi connectivity index (χ3v) is 2.48. The van der Waals surface area contributed by atoms with Crippen molar-refractivity contribution in [2.45, 2.75) is 50.9 Å². The molecule has 1 fully saturated rings. The molecule has 0 saturated carbocycles. The van der Waals surface area contributed by atoms with E-state index in [0.29, 0.717) is 13.0 Å². The Morgan fingerprint density at radius 1 is 1.60 bits per heavy atom. The summed E-state index contributed by atoms with van der Waals surface area (Å²) in [4.78, 5) is 0. The second-order valence-corrected chi connectivity index (χ2v) is 4.70. The van der Waals surface area contributed by atoms with Gasteiger partial charge in [-0.25, -0.2) is 0 Å². The van der Waals surface area contributed by atoms with Gasteiger partial charge in [-0.15, -0.1) is 0 Å². The third-order valence-electron chi connectivity index (χ3n) is 2.48. The molecule has 1 aliphatic rings. The molecule has 1 saturated heterocycles. The third kappa shape index (κ3) is 5.47. The average Bonchev–Trinajstić information content (AvgIpc) is 2.53. The van der Waals surface area contributed by atoms with Crippen molar-refractivity contribution in [2.24, 2.45) is 0 Å². The molecule has 1 aliphatic heterocycles. The summed E-state index contributed by atoms with van der Waals surface area (Å²) in [5.74, 6) is 0. The smallest absolute Gasteiger partial charge is 0.0876 e. The van der Waals surface area contributed by atoms with Gasteiger partial charge < -0.3 is 19.7 Å². The van der Waals surface area contributed by atoms with Crippen LogP contribution in [0.2, 0.25) is 0 Å². The van der Waals surface area contributed by atoms with Crippen molar-refractivity contribution in [3.63, 3.8) is 0 Å². The molecule has 90 valence electrons. The molecule has 0 aromatic carbocycles. The first kappa shape index (κ1) is 12.9. The Balaban J connectivity index is 2.11. The van der Waals surface area contributed by atoms with E-state index in [1.54, 1.807) is 13.8 Å². The lowest BCUT2D eigenvalue weighted by atomic mass is 10.0. The van der Waals surface area contributed by atoms with Gasteiger partial charge in [-0.3, -0.25) is 0 Å². The zero-order valence-corrected chi connectivity index (χ0v) is 9.61. The largest absolute Gasteiger partial charge is 0.393 e. The molecule has 15 heavy (non-hydrogen) atoms. The van der Waals surface area contributed by atoms with Gasteiger partial charge in [0.1, 0.15) is 0 Å². The Bertz CT molecular complexity index is 173. The Labute approximate surface area is 91.2 Å². The molecule has 0 spiro atoms. The van der Waals surface area contributed by atoms with E-state index in [0.717, 1.165) is 19.4 Å². The van der Waals surface area contributed by atoms with E-state index < -0.39 is 11.7 Å². The van der Waals surface area contributed by atoms with Crippen LogP contribution in [0.1, 0.15) is 33.1 Å². The van der Waals surface area contributed by atoms with Gasteiger partial charge in [0.25, 0.3) is 0 Å². The van der Waals surface area contributed by atoms with Crippen molar-refractivity contribution >= 4 is 0 Å². The number of aliphatic hydroxyl groups is 2. The molecule has 3 atom stereocenters. The fraction of sp³-hybridized carbons (Fsp3) is 1.00. The van der Waals surface area contributed by atoms with Crippen LogP contribution in [0.25, 0.3) is 0 Å².